The summed E-state index contributed by atoms with van der Waals surface area (Å²) in [5.41, 5.74) is 4.04. The van der Waals surface area contributed by atoms with E-state index in [1.165, 1.54) is 23.1 Å². The number of benzene rings is 1. The molecule has 0 saturated carbocycles. The largest absolute Gasteiger partial charge is 0.313 e. The zero-order valence-electron chi connectivity index (χ0n) is 9.87. The lowest BCUT2D eigenvalue weighted by molar-refractivity contribution is 0.677. The highest BCUT2D eigenvalue weighted by atomic mass is 79.9. The van der Waals surface area contributed by atoms with Gasteiger partial charge >= 0.3 is 0 Å². The summed E-state index contributed by atoms with van der Waals surface area (Å²) >= 11 is 5.24. The normalized spacial score (nSPS) is 10.7. The van der Waals surface area contributed by atoms with Crippen LogP contribution in [0.1, 0.15) is 18.9 Å². The third kappa shape index (κ3) is 3.41. The Bertz CT molecular complexity index is 461. The number of rotatable bonds is 5. The van der Waals surface area contributed by atoms with Crippen molar-refractivity contribution in [1.82, 2.24) is 5.32 Å². The van der Waals surface area contributed by atoms with Crippen molar-refractivity contribution < 1.29 is 0 Å². The molecular weight excluding hydrogens is 294 g/mol. The fourth-order valence-corrected chi connectivity index (χ4v) is 2.87. The maximum absolute atomic E-state index is 3.47. The second-order valence-corrected chi connectivity index (χ2v) is 5.65. The third-order valence-corrected chi connectivity index (χ3v) is 3.96. The van der Waals surface area contributed by atoms with Crippen LogP contribution in [0.4, 0.5) is 0 Å². The second kappa shape index (κ2) is 6.34. The van der Waals surface area contributed by atoms with E-state index in [0.717, 1.165) is 17.6 Å². The minimum absolute atomic E-state index is 0.961. The Hall–Kier alpha value is -0.640. The van der Waals surface area contributed by atoms with Crippen molar-refractivity contribution in [2.75, 3.05) is 6.54 Å². The zero-order chi connectivity index (χ0) is 12.1. The molecule has 0 radical (unpaired) electrons. The molecule has 0 saturated heterocycles. The number of hydrogen-bond donors (Lipinski definition) is 1. The summed E-state index contributed by atoms with van der Waals surface area (Å²) in [5.74, 6) is 0. The van der Waals surface area contributed by atoms with Crippen LogP contribution < -0.4 is 5.32 Å². The van der Waals surface area contributed by atoms with Crippen LogP contribution in [-0.4, -0.2) is 6.54 Å². The topological polar surface area (TPSA) is 12.0 Å². The van der Waals surface area contributed by atoms with Crippen molar-refractivity contribution in [3.63, 3.8) is 0 Å². The van der Waals surface area contributed by atoms with E-state index in [1.807, 2.05) is 0 Å². The van der Waals surface area contributed by atoms with Gasteiger partial charge in [0.25, 0.3) is 0 Å². The van der Waals surface area contributed by atoms with Crippen molar-refractivity contribution in [3.05, 3.63) is 45.1 Å². The predicted molar refractivity (Wildman–Crippen MR) is 79.5 cm³/mol. The van der Waals surface area contributed by atoms with Gasteiger partial charge in [-0.05, 0) is 52.5 Å². The summed E-state index contributed by atoms with van der Waals surface area (Å²) in [6.45, 7) is 4.23. The SMILES string of the molecule is CCCNCc1cscc1-c1ccc(Br)cc1. The molecule has 0 amide bonds. The molecule has 1 heterocycles. The van der Waals surface area contributed by atoms with E-state index in [4.69, 9.17) is 0 Å². The summed E-state index contributed by atoms with van der Waals surface area (Å²) in [6, 6.07) is 8.51. The van der Waals surface area contributed by atoms with Crippen molar-refractivity contribution in [2.45, 2.75) is 19.9 Å². The van der Waals surface area contributed by atoms with Crippen LogP contribution in [0, 0.1) is 0 Å². The van der Waals surface area contributed by atoms with Crippen LogP contribution in [0.2, 0.25) is 0 Å². The molecule has 0 aliphatic heterocycles. The average molecular weight is 310 g/mol. The molecule has 0 aliphatic rings. The lowest BCUT2D eigenvalue weighted by Gasteiger charge is -2.06. The summed E-state index contributed by atoms with van der Waals surface area (Å²) in [7, 11) is 0. The first-order chi connectivity index (χ1) is 8.31. The maximum atomic E-state index is 3.47. The molecule has 1 aromatic carbocycles. The Balaban J connectivity index is 2.15. The summed E-state index contributed by atoms with van der Waals surface area (Å²) in [5, 5.41) is 7.92. The maximum Gasteiger partial charge on any atom is 0.0219 e. The van der Waals surface area contributed by atoms with Gasteiger partial charge in [-0.1, -0.05) is 35.0 Å². The Morgan fingerprint density at radius 1 is 1.18 bits per heavy atom. The van der Waals surface area contributed by atoms with Crippen molar-refractivity contribution >= 4 is 27.3 Å². The predicted octanol–water partition coefficient (Wildman–Crippen LogP) is 4.68. The Labute approximate surface area is 115 Å². The fourth-order valence-electron chi connectivity index (χ4n) is 1.74. The molecule has 1 aromatic heterocycles. The third-order valence-electron chi connectivity index (χ3n) is 2.64. The highest BCUT2D eigenvalue weighted by molar-refractivity contribution is 9.10. The van der Waals surface area contributed by atoms with E-state index in [9.17, 15) is 0 Å². The van der Waals surface area contributed by atoms with Gasteiger partial charge in [-0.15, -0.1) is 0 Å². The van der Waals surface area contributed by atoms with Gasteiger partial charge in [-0.3, -0.25) is 0 Å². The molecule has 0 fully saturated rings. The van der Waals surface area contributed by atoms with Crippen LogP contribution in [0.5, 0.6) is 0 Å². The Morgan fingerprint density at radius 3 is 2.65 bits per heavy atom. The van der Waals surface area contributed by atoms with Crippen LogP contribution in [-0.2, 0) is 6.54 Å². The molecule has 0 unspecified atom stereocenters. The van der Waals surface area contributed by atoms with Gasteiger partial charge in [0.2, 0.25) is 0 Å². The van der Waals surface area contributed by atoms with Crippen LogP contribution in [0.3, 0.4) is 0 Å². The molecule has 90 valence electrons. The number of thiophene rings is 1. The number of halogens is 1. The molecule has 2 rings (SSSR count). The summed E-state index contributed by atoms with van der Waals surface area (Å²) < 4.78 is 1.13. The van der Waals surface area contributed by atoms with Crippen LogP contribution >= 0.6 is 27.3 Å². The smallest absolute Gasteiger partial charge is 0.0219 e. The molecule has 17 heavy (non-hydrogen) atoms. The van der Waals surface area contributed by atoms with Gasteiger partial charge in [0.05, 0.1) is 0 Å². The molecule has 3 heteroatoms. The van der Waals surface area contributed by atoms with Gasteiger partial charge in [0, 0.05) is 11.0 Å². The van der Waals surface area contributed by atoms with E-state index in [2.05, 4.69) is 63.2 Å². The van der Waals surface area contributed by atoms with Gasteiger partial charge in [0.15, 0.2) is 0 Å². The first-order valence-electron chi connectivity index (χ1n) is 5.83. The first kappa shape index (κ1) is 12.8. The van der Waals surface area contributed by atoms with Crippen molar-refractivity contribution in [1.29, 1.82) is 0 Å². The van der Waals surface area contributed by atoms with Crippen LogP contribution in [0.25, 0.3) is 11.1 Å². The molecule has 0 spiro atoms. The zero-order valence-corrected chi connectivity index (χ0v) is 12.3. The minimum Gasteiger partial charge on any atom is -0.313 e. The number of nitrogens with one attached hydrogen (secondary N) is 1. The van der Waals surface area contributed by atoms with E-state index in [0.29, 0.717) is 0 Å². The Kier molecular flexibility index (Phi) is 4.77. The van der Waals surface area contributed by atoms with Gasteiger partial charge < -0.3 is 5.32 Å². The van der Waals surface area contributed by atoms with Gasteiger partial charge in [-0.2, -0.15) is 11.3 Å². The van der Waals surface area contributed by atoms with E-state index in [-0.39, 0.29) is 0 Å². The standard InChI is InChI=1S/C14H16BrNS/c1-2-7-16-8-12-9-17-10-14(12)11-3-5-13(15)6-4-11/h3-6,9-10,16H,2,7-8H2,1H3. The first-order valence-corrected chi connectivity index (χ1v) is 7.56. The van der Waals surface area contributed by atoms with Crippen molar-refractivity contribution in [2.24, 2.45) is 0 Å². The minimum atomic E-state index is 0.961. The van der Waals surface area contributed by atoms with E-state index in [1.54, 1.807) is 11.3 Å². The molecule has 0 bridgehead atoms. The fraction of sp³-hybridized carbons (Fsp3) is 0.286. The highest BCUT2D eigenvalue weighted by Crippen LogP contribution is 2.28. The molecule has 1 nitrogen and oxygen atoms in total. The lowest BCUT2D eigenvalue weighted by atomic mass is 10.1. The van der Waals surface area contributed by atoms with Gasteiger partial charge in [0.1, 0.15) is 0 Å². The highest BCUT2D eigenvalue weighted by Gasteiger charge is 2.05. The Morgan fingerprint density at radius 2 is 1.94 bits per heavy atom. The molecule has 0 atom stereocenters. The summed E-state index contributed by atoms with van der Waals surface area (Å²) in [6.07, 6.45) is 1.18. The molecular formula is C14H16BrNS. The van der Waals surface area contributed by atoms with E-state index >= 15 is 0 Å². The van der Waals surface area contributed by atoms with Gasteiger partial charge in [-0.25, -0.2) is 0 Å². The van der Waals surface area contributed by atoms with Crippen LogP contribution in [0.15, 0.2) is 39.5 Å². The summed E-state index contributed by atoms with van der Waals surface area (Å²) in [4.78, 5) is 0. The molecule has 0 aliphatic carbocycles. The quantitative estimate of drug-likeness (QED) is 0.791. The van der Waals surface area contributed by atoms with E-state index < -0.39 is 0 Å². The monoisotopic (exact) mass is 309 g/mol. The second-order valence-electron chi connectivity index (χ2n) is 3.99. The average Bonchev–Trinajstić information content (AvgIpc) is 2.79. The van der Waals surface area contributed by atoms with Crippen molar-refractivity contribution in [3.8, 4) is 11.1 Å². The molecule has 1 N–H and O–H groups in total. The lowest BCUT2D eigenvalue weighted by Crippen LogP contribution is -2.13. The number of hydrogen-bond acceptors (Lipinski definition) is 2. The molecule has 2 aromatic rings.